The van der Waals surface area contributed by atoms with Crippen molar-refractivity contribution >= 4 is 5.91 Å². The van der Waals surface area contributed by atoms with E-state index >= 15 is 0 Å². The highest BCUT2D eigenvalue weighted by molar-refractivity contribution is 5.94. The average molecular weight is 265 g/mol. The Morgan fingerprint density at radius 2 is 2.21 bits per heavy atom. The zero-order chi connectivity index (χ0) is 13.9. The maximum Gasteiger partial charge on any atom is 0.257 e. The third-order valence-electron chi connectivity index (χ3n) is 3.52. The van der Waals surface area contributed by atoms with Crippen molar-refractivity contribution < 1.29 is 9.53 Å². The van der Waals surface area contributed by atoms with E-state index in [0.29, 0.717) is 32.6 Å². The number of aromatic amines is 1. The van der Waals surface area contributed by atoms with Gasteiger partial charge >= 0.3 is 0 Å². The minimum atomic E-state index is -0.466. The Balaban J connectivity index is 2.17. The van der Waals surface area contributed by atoms with Gasteiger partial charge in [0, 0.05) is 37.7 Å². The molecule has 1 saturated heterocycles. The van der Waals surface area contributed by atoms with Gasteiger partial charge in [-0.05, 0) is 19.8 Å². The van der Waals surface area contributed by atoms with Gasteiger partial charge < -0.3 is 20.8 Å². The number of hydrogen-bond donors (Lipinski definition) is 3. The van der Waals surface area contributed by atoms with Gasteiger partial charge in [0.1, 0.15) is 5.56 Å². The number of hydrogen-bond acceptors (Lipinski definition) is 4. The van der Waals surface area contributed by atoms with E-state index in [9.17, 15) is 9.59 Å². The normalized spacial score (nSPS) is 18.0. The van der Waals surface area contributed by atoms with Crippen molar-refractivity contribution in [1.82, 2.24) is 10.3 Å². The summed E-state index contributed by atoms with van der Waals surface area (Å²) in [6.45, 7) is 3.25. The van der Waals surface area contributed by atoms with Gasteiger partial charge in [-0.1, -0.05) is 0 Å². The van der Waals surface area contributed by atoms with Crippen molar-refractivity contribution in [1.29, 1.82) is 0 Å². The molecule has 104 valence electrons. The number of nitrogens with one attached hydrogen (secondary N) is 2. The van der Waals surface area contributed by atoms with Crippen molar-refractivity contribution in [2.75, 3.05) is 19.8 Å². The molecule has 0 unspecified atom stereocenters. The number of pyridine rings is 1. The molecule has 2 heterocycles. The molecule has 6 nitrogen and oxygen atoms in total. The number of aromatic nitrogens is 1. The van der Waals surface area contributed by atoms with Crippen molar-refractivity contribution in [2.24, 2.45) is 5.73 Å². The number of rotatable bonds is 3. The van der Waals surface area contributed by atoms with Gasteiger partial charge in [-0.3, -0.25) is 9.59 Å². The molecule has 0 aromatic carbocycles. The molecule has 6 heteroatoms. The van der Waals surface area contributed by atoms with Gasteiger partial charge in [0.05, 0.1) is 5.54 Å². The fraction of sp³-hybridized carbons (Fsp3) is 0.538. The molecular weight excluding hydrogens is 246 g/mol. The third kappa shape index (κ3) is 3.02. The zero-order valence-electron chi connectivity index (χ0n) is 11.0. The van der Waals surface area contributed by atoms with Crippen LogP contribution >= 0.6 is 0 Å². The van der Waals surface area contributed by atoms with Crippen LogP contribution < -0.4 is 16.5 Å². The Labute approximate surface area is 111 Å². The molecule has 1 aromatic rings. The quantitative estimate of drug-likeness (QED) is 0.712. The molecule has 1 aliphatic rings. The average Bonchev–Trinajstić information content (AvgIpc) is 2.39. The fourth-order valence-corrected chi connectivity index (χ4v) is 2.20. The molecule has 1 aliphatic heterocycles. The Morgan fingerprint density at radius 3 is 2.79 bits per heavy atom. The summed E-state index contributed by atoms with van der Waals surface area (Å²) in [4.78, 5) is 26.8. The molecule has 4 N–H and O–H groups in total. The smallest absolute Gasteiger partial charge is 0.257 e. The van der Waals surface area contributed by atoms with Crippen LogP contribution in [0, 0.1) is 6.92 Å². The van der Waals surface area contributed by atoms with Gasteiger partial charge in [0.15, 0.2) is 5.43 Å². The highest BCUT2D eigenvalue weighted by Gasteiger charge is 2.33. The van der Waals surface area contributed by atoms with Crippen LogP contribution in [0.3, 0.4) is 0 Å². The van der Waals surface area contributed by atoms with E-state index in [0.717, 1.165) is 5.69 Å². The molecule has 1 amide bonds. The second kappa shape index (κ2) is 5.54. The molecule has 2 rings (SSSR count). The maximum absolute atomic E-state index is 12.2. The molecular formula is C13H19N3O3. The summed E-state index contributed by atoms with van der Waals surface area (Å²) in [6.07, 6.45) is 2.77. The van der Waals surface area contributed by atoms with Crippen molar-refractivity contribution in [3.05, 3.63) is 33.7 Å². The Bertz CT molecular complexity index is 518. The highest BCUT2D eigenvalue weighted by atomic mass is 16.5. The van der Waals surface area contributed by atoms with E-state index in [1.165, 1.54) is 12.3 Å². The molecule has 1 aromatic heterocycles. The van der Waals surface area contributed by atoms with Crippen LogP contribution in [0.2, 0.25) is 0 Å². The second-order valence-corrected chi connectivity index (χ2v) is 4.94. The van der Waals surface area contributed by atoms with E-state index in [1.807, 2.05) is 0 Å². The van der Waals surface area contributed by atoms with Crippen LogP contribution in [0.4, 0.5) is 0 Å². The monoisotopic (exact) mass is 265 g/mol. The van der Waals surface area contributed by atoms with Crippen molar-refractivity contribution in [3.63, 3.8) is 0 Å². The summed E-state index contributed by atoms with van der Waals surface area (Å²) in [6, 6.07) is 1.41. The predicted molar refractivity (Wildman–Crippen MR) is 71.1 cm³/mol. The summed E-state index contributed by atoms with van der Waals surface area (Å²) in [5, 5.41) is 2.89. The molecule has 0 aliphatic carbocycles. The molecule has 19 heavy (non-hydrogen) atoms. The van der Waals surface area contributed by atoms with Crippen molar-refractivity contribution in [2.45, 2.75) is 25.3 Å². The molecule has 1 fully saturated rings. The maximum atomic E-state index is 12.2. The Kier molecular flexibility index (Phi) is 4.01. The van der Waals surface area contributed by atoms with Gasteiger partial charge in [0.2, 0.25) is 0 Å². The lowest BCUT2D eigenvalue weighted by Crippen LogP contribution is -2.57. The second-order valence-electron chi connectivity index (χ2n) is 4.94. The van der Waals surface area contributed by atoms with E-state index in [-0.39, 0.29) is 16.9 Å². The number of aryl methyl sites for hydroxylation is 1. The zero-order valence-corrected chi connectivity index (χ0v) is 11.0. The first kappa shape index (κ1) is 13.8. The predicted octanol–water partition coefficient (Wildman–Crippen LogP) is -0.0790. The topological polar surface area (TPSA) is 97.2 Å². The van der Waals surface area contributed by atoms with Gasteiger partial charge in [-0.25, -0.2) is 0 Å². The molecule has 0 bridgehead atoms. The molecule has 0 atom stereocenters. The van der Waals surface area contributed by atoms with Crippen molar-refractivity contribution in [3.8, 4) is 0 Å². The fourth-order valence-electron chi connectivity index (χ4n) is 2.20. The number of carbonyl (C=O) groups excluding carboxylic acids is 1. The minimum Gasteiger partial charge on any atom is -0.381 e. The lowest BCUT2D eigenvalue weighted by Gasteiger charge is -2.36. The third-order valence-corrected chi connectivity index (χ3v) is 3.52. The Hall–Kier alpha value is -1.66. The van der Waals surface area contributed by atoms with Crippen LogP contribution in [-0.4, -0.2) is 36.2 Å². The first-order valence-electron chi connectivity index (χ1n) is 6.36. The van der Waals surface area contributed by atoms with Gasteiger partial charge in [-0.2, -0.15) is 0 Å². The first-order valence-corrected chi connectivity index (χ1v) is 6.36. The van der Waals surface area contributed by atoms with E-state index in [2.05, 4.69) is 10.3 Å². The number of amides is 1. The summed E-state index contributed by atoms with van der Waals surface area (Å²) >= 11 is 0. The highest BCUT2D eigenvalue weighted by Crippen LogP contribution is 2.19. The molecule has 0 radical (unpaired) electrons. The van der Waals surface area contributed by atoms with Crippen LogP contribution in [0.5, 0.6) is 0 Å². The number of nitrogens with two attached hydrogens (primary N) is 1. The summed E-state index contributed by atoms with van der Waals surface area (Å²) < 4.78 is 5.28. The summed E-state index contributed by atoms with van der Waals surface area (Å²) in [5.74, 6) is -0.381. The molecule has 0 saturated carbocycles. The number of carbonyl (C=O) groups is 1. The van der Waals surface area contributed by atoms with E-state index < -0.39 is 5.54 Å². The molecule has 0 spiro atoms. The minimum absolute atomic E-state index is 0.116. The SMILES string of the molecule is Cc1cc(=O)c(C(=O)NC2(CN)CCOCC2)c[nH]1. The number of ether oxygens (including phenoxy) is 1. The van der Waals surface area contributed by atoms with E-state index in [1.54, 1.807) is 6.92 Å². The standard InChI is InChI=1S/C13H19N3O3/c1-9-6-11(17)10(7-15-9)12(18)16-13(8-14)2-4-19-5-3-13/h6-7H,2-5,8,14H2,1H3,(H,15,17)(H,16,18). The Morgan fingerprint density at radius 1 is 1.53 bits per heavy atom. The van der Waals surface area contributed by atoms with Crippen LogP contribution in [-0.2, 0) is 4.74 Å². The van der Waals surface area contributed by atoms with Gasteiger partial charge in [0.25, 0.3) is 5.91 Å². The first-order chi connectivity index (χ1) is 9.06. The lowest BCUT2D eigenvalue weighted by atomic mass is 9.90. The summed E-state index contributed by atoms with van der Waals surface area (Å²) in [7, 11) is 0. The lowest BCUT2D eigenvalue weighted by molar-refractivity contribution is 0.0388. The van der Waals surface area contributed by atoms with Crippen LogP contribution in [0.25, 0.3) is 0 Å². The summed E-state index contributed by atoms with van der Waals surface area (Å²) in [5.41, 5.74) is 5.86. The van der Waals surface area contributed by atoms with Crippen LogP contribution in [0.15, 0.2) is 17.1 Å². The van der Waals surface area contributed by atoms with E-state index in [4.69, 9.17) is 10.5 Å². The van der Waals surface area contributed by atoms with Gasteiger partial charge in [-0.15, -0.1) is 0 Å². The number of H-pyrrole nitrogens is 1. The van der Waals surface area contributed by atoms with Crippen LogP contribution in [0.1, 0.15) is 28.9 Å². The largest absolute Gasteiger partial charge is 0.381 e.